The van der Waals surface area contributed by atoms with Gasteiger partial charge in [0, 0.05) is 34.5 Å². The van der Waals surface area contributed by atoms with Crippen LogP contribution in [0.4, 0.5) is 24.5 Å². The van der Waals surface area contributed by atoms with E-state index in [-0.39, 0.29) is 24.0 Å². The summed E-state index contributed by atoms with van der Waals surface area (Å²) < 4.78 is 43.1. The number of amides is 2. The Morgan fingerprint density at radius 3 is 2.22 bits per heavy atom. The number of halogens is 5. The maximum absolute atomic E-state index is 13.1. The first-order valence-electron chi connectivity index (χ1n) is 12.0. The van der Waals surface area contributed by atoms with Crippen LogP contribution in [0.25, 0.3) is 0 Å². The molecule has 0 spiro atoms. The number of fused-ring (bicyclic) bond motifs is 2. The van der Waals surface area contributed by atoms with E-state index in [1.54, 1.807) is 56.3 Å². The molecular weight excluding hydrogens is 530 g/mol. The minimum Gasteiger partial charge on any atom is -0.476 e. The van der Waals surface area contributed by atoms with Crippen molar-refractivity contribution < 1.29 is 27.5 Å². The first-order chi connectivity index (χ1) is 17.3. The van der Waals surface area contributed by atoms with Crippen LogP contribution in [0, 0.1) is 0 Å². The van der Waals surface area contributed by atoms with Crippen LogP contribution in [0.2, 0.25) is 10.0 Å². The molecule has 0 radical (unpaired) electrons. The third-order valence-corrected chi connectivity index (χ3v) is 7.21. The zero-order valence-corrected chi connectivity index (χ0v) is 21.9. The monoisotopic (exact) mass is 557 g/mol. The van der Waals surface area contributed by atoms with Crippen LogP contribution < -0.4 is 20.3 Å². The number of benzene rings is 2. The molecule has 0 aliphatic carbocycles. The van der Waals surface area contributed by atoms with Crippen molar-refractivity contribution in [1.82, 2.24) is 5.32 Å². The van der Waals surface area contributed by atoms with Gasteiger partial charge < -0.3 is 20.3 Å². The number of carbonyl (C=O) groups is 2. The lowest BCUT2D eigenvalue weighted by Gasteiger charge is -2.41. The van der Waals surface area contributed by atoms with E-state index < -0.39 is 24.1 Å². The van der Waals surface area contributed by atoms with Gasteiger partial charge in [0.25, 0.3) is 5.91 Å². The van der Waals surface area contributed by atoms with Crippen LogP contribution in [-0.4, -0.2) is 41.7 Å². The van der Waals surface area contributed by atoms with Gasteiger partial charge >= 0.3 is 6.18 Å². The number of alkyl halides is 3. The predicted molar refractivity (Wildman–Crippen MR) is 137 cm³/mol. The topological polar surface area (TPSA) is 70.7 Å². The van der Waals surface area contributed by atoms with Crippen LogP contribution >= 0.6 is 23.2 Å². The Hall–Kier alpha value is -2.65. The van der Waals surface area contributed by atoms with E-state index in [9.17, 15) is 22.8 Å². The van der Waals surface area contributed by atoms with Gasteiger partial charge in [-0.3, -0.25) is 9.59 Å². The number of rotatable bonds is 7. The molecule has 2 aromatic carbocycles. The highest BCUT2D eigenvalue weighted by molar-refractivity contribution is 6.35. The molecule has 11 heteroatoms. The molecular formula is C26H28Cl2F3N3O3. The number of nitrogens with zero attached hydrogens (tertiary/aromatic N) is 1. The van der Waals surface area contributed by atoms with E-state index >= 15 is 0 Å². The first-order valence-corrected chi connectivity index (χ1v) is 12.8. The summed E-state index contributed by atoms with van der Waals surface area (Å²) in [5, 5.41) is 6.21. The molecule has 2 aromatic rings. The largest absolute Gasteiger partial charge is 0.476 e. The molecule has 2 unspecified atom stereocenters. The molecule has 0 saturated carbocycles. The minimum absolute atomic E-state index is 0.0225. The Morgan fingerprint density at radius 1 is 1.03 bits per heavy atom. The van der Waals surface area contributed by atoms with Crippen LogP contribution in [0.15, 0.2) is 42.5 Å². The smallest absolute Gasteiger partial charge is 0.397 e. The molecule has 2 heterocycles. The fraction of sp³-hybridized carbons (Fsp3) is 0.462. The van der Waals surface area contributed by atoms with Gasteiger partial charge in [0.1, 0.15) is 12.2 Å². The number of nitrogens with one attached hydrogen (secondary N) is 2. The fourth-order valence-corrected chi connectivity index (χ4v) is 5.51. The summed E-state index contributed by atoms with van der Waals surface area (Å²) >= 11 is 12.1. The quantitative estimate of drug-likeness (QED) is 0.415. The lowest BCUT2D eigenvalue weighted by atomic mass is 9.95. The molecule has 2 amide bonds. The number of carbonyl (C=O) groups excluding carboxylic acids is 2. The van der Waals surface area contributed by atoms with Crippen molar-refractivity contribution in [2.45, 2.75) is 75.9 Å². The Balaban J connectivity index is 1.35. The van der Waals surface area contributed by atoms with Crippen molar-refractivity contribution in [3.63, 3.8) is 0 Å². The van der Waals surface area contributed by atoms with E-state index in [1.165, 1.54) is 0 Å². The van der Waals surface area contributed by atoms with Crippen LogP contribution in [0.3, 0.4) is 0 Å². The molecule has 2 saturated heterocycles. The molecule has 0 aromatic heterocycles. The Kier molecular flexibility index (Phi) is 7.85. The summed E-state index contributed by atoms with van der Waals surface area (Å²) in [6.45, 7) is 3.37. The molecule has 4 rings (SSSR count). The summed E-state index contributed by atoms with van der Waals surface area (Å²) in [6.07, 6.45) is -2.61. The Morgan fingerprint density at radius 2 is 1.65 bits per heavy atom. The van der Waals surface area contributed by atoms with Crippen molar-refractivity contribution in [2.75, 3.05) is 10.2 Å². The van der Waals surface area contributed by atoms with Gasteiger partial charge in [-0.05, 0) is 82.0 Å². The highest BCUT2D eigenvalue weighted by Gasteiger charge is 2.42. The maximum Gasteiger partial charge on any atom is 0.397 e. The number of piperidine rings is 1. The first kappa shape index (κ1) is 27.4. The molecule has 6 nitrogen and oxygen atoms in total. The van der Waals surface area contributed by atoms with Crippen LogP contribution in [0.1, 0.15) is 46.0 Å². The lowest BCUT2D eigenvalue weighted by Crippen LogP contribution is -2.55. The summed E-state index contributed by atoms with van der Waals surface area (Å²) in [7, 11) is 0. The van der Waals surface area contributed by atoms with Gasteiger partial charge in [0.05, 0.1) is 5.02 Å². The molecule has 200 valence electrons. The summed E-state index contributed by atoms with van der Waals surface area (Å²) in [6, 6.07) is 12.1. The maximum atomic E-state index is 13.1. The lowest BCUT2D eigenvalue weighted by molar-refractivity contribution is -0.150. The summed E-state index contributed by atoms with van der Waals surface area (Å²) in [5.74, 6) is -0.962. The van der Waals surface area contributed by atoms with Gasteiger partial charge in [-0.15, -0.1) is 0 Å². The van der Waals surface area contributed by atoms with Crippen molar-refractivity contribution in [2.24, 2.45) is 0 Å². The van der Waals surface area contributed by atoms with Gasteiger partial charge in [-0.2, -0.15) is 13.2 Å². The van der Waals surface area contributed by atoms with Gasteiger partial charge in [-0.1, -0.05) is 23.2 Å². The summed E-state index contributed by atoms with van der Waals surface area (Å²) in [4.78, 5) is 27.0. The third kappa shape index (κ3) is 6.82. The van der Waals surface area contributed by atoms with Crippen molar-refractivity contribution in [3.8, 4) is 5.75 Å². The van der Waals surface area contributed by atoms with Crippen molar-refractivity contribution >= 4 is 46.4 Å². The SMILES string of the molecule is CC(C)(Oc1ccc(Cl)cc1Cl)C(=O)NC1CC2CCC(C1)N2c1ccc(NC(=O)CC(F)(F)F)cc1. The second-order valence-electron chi connectivity index (χ2n) is 10.0. The number of hydrogen-bond donors (Lipinski definition) is 2. The third-order valence-electron chi connectivity index (χ3n) is 6.68. The van der Waals surface area contributed by atoms with Gasteiger partial charge in [0.15, 0.2) is 5.60 Å². The van der Waals surface area contributed by atoms with E-state index in [1.807, 2.05) is 0 Å². The standard InChI is InChI=1S/C26H28Cl2F3N3O3/c1-25(2,37-22-10-3-15(27)11-21(22)28)24(36)33-17-12-19-8-9-20(13-17)34(19)18-6-4-16(5-7-18)32-23(35)14-26(29,30)31/h3-7,10-11,17,19-20H,8-9,12-14H2,1-2H3,(H,32,35)(H,33,36). The normalized spacial score (nSPS) is 21.5. The number of anilines is 2. The predicted octanol–water partition coefficient (Wildman–Crippen LogP) is 6.36. The van der Waals surface area contributed by atoms with Gasteiger partial charge in [0.2, 0.25) is 5.91 Å². The van der Waals surface area contributed by atoms with Crippen molar-refractivity contribution in [1.29, 1.82) is 0 Å². The van der Waals surface area contributed by atoms with E-state index in [4.69, 9.17) is 27.9 Å². The molecule has 2 atom stereocenters. The highest BCUT2D eigenvalue weighted by Crippen LogP contribution is 2.40. The zero-order chi connectivity index (χ0) is 27.0. The van der Waals surface area contributed by atoms with E-state index in [0.29, 0.717) is 21.5 Å². The highest BCUT2D eigenvalue weighted by atomic mass is 35.5. The second kappa shape index (κ2) is 10.6. The Labute approximate surface area is 223 Å². The zero-order valence-electron chi connectivity index (χ0n) is 20.4. The molecule has 2 N–H and O–H groups in total. The number of hydrogen-bond acceptors (Lipinski definition) is 4. The average molecular weight is 558 g/mol. The molecule has 2 aliphatic heterocycles. The molecule has 2 bridgehead atoms. The number of ether oxygens (including phenoxy) is 1. The molecule has 2 fully saturated rings. The average Bonchev–Trinajstić information content (AvgIpc) is 3.05. The van der Waals surface area contributed by atoms with E-state index in [0.717, 1.165) is 31.4 Å². The minimum atomic E-state index is -4.55. The second-order valence-corrected chi connectivity index (χ2v) is 10.9. The van der Waals surface area contributed by atoms with E-state index in [2.05, 4.69) is 15.5 Å². The Bertz CT molecular complexity index is 1140. The van der Waals surface area contributed by atoms with Crippen molar-refractivity contribution in [3.05, 3.63) is 52.5 Å². The molecule has 2 aliphatic rings. The van der Waals surface area contributed by atoms with Crippen LogP contribution in [0.5, 0.6) is 5.75 Å². The fourth-order valence-electron chi connectivity index (χ4n) is 5.06. The summed E-state index contributed by atoms with van der Waals surface area (Å²) in [5.41, 5.74) is 0.0997. The van der Waals surface area contributed by atoms with Crippen LogP contribution in [-0.2, 0) is 9.59 Å². The molecule has 37 heavy (non-hydrogen) atoms. The van der Waals surface area contributed by atoms with Gasteiger partial charge in [-0.25, -0.2) is 0 Å².